The molecule has 0 saturated heterocycles. The van der Waals surface area contributed by atoms with Gasteiger partial charge in [-0.15, -0.1) is 0 Å². The molecule has 23 heavy (non-hydrogen) atoms. The van der Waals surface area contributed by atoms with Crippen LogP contribution in [-0.4, -0.2) is 45.9 Å². The maximum atomic E-state index is 12.2. The zero-order chi connectivity index (χ0) is 17.0. The Kier molecular flexibility index (Phi) is 5.36. The predicted octanol–water partition coefficient (Wildman–Crippen LogP) is 2.59. The van der Waals surface area contributed by atoms with E-state index < -0.39 is 5.60 Å². The maximum absolute atomic E-state index is 12.2. The smallest absolute Gasteiger partial charge is 0.410 e. The molecule has 6 nitrogen and oxygen atoms in total. The van der Waals surface area contributed by atoms with Gasteiger partial charge in [0.2, 0.25) is 0 Å². The van der Waals surface area contributed by atoms with Gasteiger partial charge in [-0.25, -0.2) is 4.79 Å². The third-order valence-electron chi connectivity index (χ3n) is 3.56. The van der Waals surface area contributed by atoms with Crippen LogP contribution >= 0.6 is 0 Å². The lowest BCUT2D eigenvalue weighted by Crippen LogP contribution is -2.41. The number of hydrogen-bond acceptors (Lipinski definition) is 5. The summed E-state index contributed by atoms with van der Waals surface area (Å²) in [5, 5.41) is 22.4. The van der Waals surface area contributed by atoms with Crippen LogP contribution in [0.1, 0.15) is 39.2 Å². The summed E-state index contributed by atoms with van der Waals surface area (Å²) in [4.78, 5) is 14.0. The average molecular weight is 322 g/mol. The number of benzene rings is 1. The molecule has 0 aliphatic heterocycles. The molecule has 2 rings (SSSR count). The van der Waals surface area contributed by atoms with Crippen molar-refractivity contribution in [2.75, 3.05) is 13.1 Å². The van der Waals surface area contributed by atoms with Gasteiger partial charge in [-0.3, -0.25) is 0 Å². The molecule has 0 spiro atoms. The van der Waals surface area contributed by atoms with Gasteiger partial charge in [0.15, 0.2) is 11.5 Å². The lowest BCUT2D eigenvalue weighted by Gasteiger charge is -2.27. The second kappa shape index (κ2) is 7.08. The number of amides is 1. The van der Waals surface area contributed by atoms with Crippen LogP contribution in [0.5, 0.6) is 11.5 Å². The van der Waals surface area contributed by atoms with Gasteiger partial charge in [0, 0.05) is 31.2 Å². The molecular formula is C17H26N2O4. The Hall–Kier alpha value is -1.95. The van der Waals surface area contributed by atoms with Gasteiger partial charge in [-0.1, -0.05) is 12.1 Å². The number of para-hydroxylation sites is 1. The minimum atomic E-state index is -0.495. The number of carbonyl (C=O) groups is 1. The Morgan fingerprint density at radius 3 is 2.65 bits per heavy atom. The average Bonchev–Trinajstić information content (AvgIpc) is 3.25. The highest BCUT2D eigenvalue weighted by Crippen LogP contribution is 2.29. The van der Waals surface area contributed by atoms with E-state index in [0.29, 0.717) is 25.2 Å². The molecule has 1 fully saturated rings. The van der Waals surface area contributed by atoms with E-state index in [-0.39, 0.29) is 23.6 Å². The molecule has 0 radical (unpaired) electrons. The number of rotatable bonds is 6. The number of nitrogens with one attached hydrogen (secondary N) is 1. The normalized spacial score (nSPS) is 14.6. The minimum Gasteiger partial charge on any atom is -0.504 e. The summed E-state index contributed by atoms with van der Waals surface area (Å²) in [6, 6.07) is 5.15. The molecule has 1 amide bonds. The highest BCUT2D eigenvalue weighted by Gasteiger charge is 2.34. The highest BCUT2D eigenvalue weighted by atomic mass is 16.6. The van der Waals surface area contributed by atoms with Crippen molar-refractivity contribution < 1.29 is 19.7 Å². The molecule has 3 N–H and O–H groups in total. The second-order valence-electron chi connectivity index (χ2n) is 6.87. The number of phenolic OH excluding ortho intramolecular Hbond substituents is 2. The first-order valence-electron chi connectivity index (χ1n) is 7.98. The summed E-state index contributed by atoms with van der Waals surface area (Å²) in [7, 11) is 0. The first-order chi connectivity index (χ1) is 10.8. The standard InChI is InChI=1S/C17H26N2O4/c1-17(2,3)23-16(22)19(13-7-8-13)10-9-18-11-12-5-4-6-14(20)15(12)21/h4-6,13,18,20-21H,7-11H2,1-3H3. The van der Waals surface area contributed by atoms with E-state index in [9.17, 15) is 15.0 Å². The summed E-state index contributed by atoms with van der Waals surface area (Å²) >= 11 is 0. The largest absolute Gasteiger partial charge is 0.504 e. The zero-order valence-electron chi connectivity index (χ0n) is 14.0. The van der Waals surface area contributed by atoms with E-state index in [1.807, 2.05) is 20.8 Å². The summed E-state index contributed by atoms with van der Waals surface area (Å²) in [6.45, 7) is 7.15. The first-order valence-corrected chi connectivity index (χ1v) is 7.98. The summed E-state index contributed by atoms with van der Waals surface area (Å²) in [6.07, 6.45) is 1.76. The second-order valence-corrected chi connectivity index (χ2v) is 6.87. The number of phenols is 2. The highest BCUT2D eigenvalue weighted by molar-refractivity contribution is 5.69. The molecular weight excluding hydrogens is 296 g/mol. The van der Waals surface area contributed by atoms with Crippen LogP contribution in [0.2, 0.25) is 0 Å². The third-order valence-corrected chi connectivity index (χ3v) is 3.56. The summed E-state index contributed by atoms with van der Waals surface area (Å²) in [5.41, 5.74) is 0.130. The predicted molar refractivity (Wildman–Crippen MR) is 87.4 cm³/mol. The van der Waals surface area contributed by atoms with Crippen LogP contribution in [0.25, 0.3) is 0 Å². The Morgan fingerprint density at radius 2 is 2.04 bits per heavy atom. The Labute approximate surface area is 137 Å². The molecule has 0 heterocycles. The molecule has 1 aromatic rings. The monoisotopic (exact) mass is 322 g/mol. The maximum Gasteiger partial charge on any atom is 0.410 e. The fraction of sp³-hybridized carbons (Fsp3) is 0.588. The number of carbonyl (C=O) groups excluding carboxylic acids is 1. The van der Waals surface area contributed by atoms with Crippen LogP contribution in [0.15, 0.2) is 18.2 Å². The van der Waals surface area contributed by atoms with Crippen molar-refractivity contribution in [1.82, 2.24) is 10.2 Å². The van der Waals surface area contributed by atoms with Crippen molar-refractivity contribution >= 4 is 6.09 Å². The van der Waals surface area contributed by atoms with E-state index in [4.69, 9.17) is 4.74 Å². The molecule has 0 bridgehead atoms. The minimum absolute atomic E-state index is 0.105. The quantitative estimate of drug-likeness (QED) is 0.554. The van der Waals surface area contributed by atoms with Gasteiger partial charge < -0.3 is 25.2 Å². The van der Waals surface area contributed by atoms with Gasteiger partial charge >= 0.3 is 6.09 Å². The van der Waals surface area contributed by atoms with E-state index >= 15 is 0 Å². The number of hydrogen-bond donors (Lipinski definition) is 3. The Bertz CT molecular complexity index is 550. The molecule has 0 atom stereocenters. The van der Waals surface area contributed by atoms with Crippen LogP contribution in [0, 0.1) is 0 Å². The van der Waals surface area contributed by atoms with Crippen molar-refractivity contribution in [2.24, 2.45) is 0 Å². The SMILES string of the molecule is CC(C)(C)OC(=O)N(CCNCc1cccc(O)c1O)C1CC1. The van der Waals surface area contributed by atoms with Gasteiger partial charge in [-0.05, 0) is 39.7 Å². The zero-order valence-corrected chi connectivity index (χ0v) is 14.0. The number of aromatic hydroxyl groups is 2. The van der Waals surface area contributed by atoms with Crippen LogP contribution in [0.4, 0.5) is 4.79 Å². The number of ether oxygens (including phenoxy) is 1. The molecule has 1 aliphatic rings. The fourth-order valence-electron chi connectivity index (χ4n) is 2.27. The van der Waals surface area contributed by atoms with E-state index in [1.165, 1.54) is 6.07 Å². The van der Waals surface area contributed by atoms with E-state index in [2.05, 4.69) is 5.32 Å². The van der Waals surface area contributed by atoms with E-state index in [0.717, 1.165) is 12.8 Å². The third kappa shape index (κ3) is 5.32. The lowest BCUT2D eigenvalue weighted by atomic mass is 10.2. The molecule has 1 aliphatic carbocycles. The Morgan fingerprint density at radius 1 is 1.35 bits per heavy atom. The first kappa shape index (κ1) is 17.4. The van der Waals surface area contributed by atoms with Gasteiger partial charge in [-0.2, -0.15) is 0 Å². The molecule has 1 saturated carbocycles. The van der Waals surface area contributed by atoms with Crippen molar-refractivity contribution in [2.45, 2.75) is 51.8 Å². The topological polar surface area (TPSA) is 82.0 Å². The van der Waals surface area contributed by atoms with Crippen molar-refractivity contribution in [3.05, 3.63) is 23.8 Å². The van der Waals surface area contributed by atoms with Crippen molar-refractivity contribution in [3.63, 3.8) is 0 Å². The van der Waals surface area contributed by atoms with E-state index in [1.54, 1.807) is 17.0 Å². The lowest BCUT2D eigenvalue weighted by molar-refractivity contribution is 0.0236. The molecule has 0 unspecified atom stereocenters. The van der Waals surface area contributed by atoms with Crippen molar-refractivity contribution in [3.8, 4) is 11.5 Å². The van der Waals surface area contributed by atoms with Gasteiger partial charge in [0.25, 0.3) is 0 Å². The fourth-order valence-corrected chi connectivity index (χ4v) is 2.27. The summed E-state index contributed by atoms with van der Waals surface area (Å²) in [5.74, 6) is -0.233. The van der Waals surface area contributed by atoms with Gasteiger partial charge in [0.1, 0.15) is 5.60 Å². The molecule has 128 valence electrons. The molecule has 0 aromatic heterocycles. The van der Waals surface area contributed by atoms with Crippen LogP contribution in [0.3, 0.4) is 0 Å². The van der Waals surface area contributed by atoms with Crippen molar-refractivity contribution in [1.29, 1.82) is 0 Å². The van der Waals surface area contributed by atoms with Crippen LogP contribution in [-0.2, 0) is 11.3 Å². The summed E-state index contributed by atoms with van der Waals surface area (Å²) < 4.78 is 5.44. The molecule has 6 heteroatoms. The van der Waals surface area contributed by atoms with Gasteiger partial charge in [0.05, 0.1) is 0 Å². The Balaban J connectivity index is 1.81. The number of nitrogens with zero attached hydrogens (tertiary/aromatic N) is 1. The molecule has 1 aromatic carbocycles. The van der Waals surface area contributed by atoms with Crippen LogP contribution < -0.4 is 5.32 Å².